The van der Waals surface area contributed by atoms with Gasteiger partial charge in [-0.25, -0.2) is 4.98 Å². The van der Waals surface area contributed by atoms with Crippen molar-refractivity contribution in [2.45, 2.75) is 33.2 Å². The van der Waals surface area contributed by atoms with Gasteiger partial charge in [0, 0.05) is 44.0 Å². The molecular formula is C17H25N3OS. The van der Waals surface area contributed by atoms with Crippen molar-refractivity contribution in [2.75, 3.05) is 26.2 Å². The third kappa shape index (κ3) is 2.69. The summed E-state index contributed by atoms with van der Waals surface area (Å²) in [6.07, 6.45) is 2.22. The Labute approximate surface area is 136 Å². The molecule has 0 aromatic carbocycles. The van der Waals surface area contributed by atoms with Crippen molar-refractivity contribution >= 4 is 17.2 Å². The van der Waals surface area contributed by atoms with Crippen LogP contribution in [-0.4, -0.2) is 46.9 Å². The van der Waals surface area contributed by atoms with Crippen molar-refractivity contribution < 1.29 is 4.79 Å². The predicted octanol–water partition coefficient (Wildman–Crippen LogP) is 2.39. The molecule has 0 N–H and O–H groups in total. The number of amides is 1. The molecule has 3 heterocycles. The quantitative estimate of drug-likeness (QED) is 0.858. The van der Waals surface area contributed by atoms with Crippen LogP contribution in [-0.2, 0) is 11.3 Å². The number of rotatable bonds is 3. The molecule has 3 aliphatic rings. The van der Waals surface area contributed by atoms with Gasteiger partial charge in [0.1, 0.15) is 0 Å². The first-order chi connectivity index (χ1) is 10.6. The zero-order valence-electron chi connectivity index (χ0n) is 13.5. The van der Waals surface area contributed by atoms with Crippen LogP contribution >= 0.6 is 11.3 Å². The van der Waals surface area contributed by atoms with Crippen molar-refractivity contribution in [3.63, 3.8) is 0 Å². The number of likely N-dealkylation sites (tertiary alicyclic amines) is 2. The van der Waals surface area contributed by atoms with E-state index in [4.69, 9.17) is 0 Å². The van der Waals surface area contributed by atoms with E-state index in [1.54, 1.807) is 11.3 Å². The number of hydrogen-bond acceptors (Lipinski definition) is 4. The molecule has 4 rings (SSSR count). The van der Waals surface area contributed by atoms with E-state index in [1.807, 2.05) is 0 Å². The SMILES string of the molecule is Cc1nc(CN2C[C@H]3CN(C(=O)C4CC(C)C4)C[C@@H]3C2)cs1. The normalized spacial score (nSPS) is 34.7. The molecule has 3 fully saturated rings. The van der Waals surface area contributed by atoms with E-state index in [0.717, 1.165) is 56.5 Å². The van der Waals surface area contributed by atoms with Gasteiger partial charge in [0.25, 0.3) is 0 Å². The predicted molar refractivity (Wildman–Crippen MR) is 87.6 cm³/mol. The lowest BCUT2D eigenvalue weighted by Crippen LogP contribution is -2.41. The summed E-state index contributed by atoms with van der Waals surface area (Å²) in [6.45, 7) is 9.53. The summed E-state index contributed by atoms with van der Waals surface area (Å²) in [5, 5.41) is 3.33. The fourth-order valence-corrected chi connectivity index (χ4v) is 5.08. The lowest BCUT2D eigenvalue weighted by Gasteiger charge is -2.34. The zero-order chi connectivity index (χ0) is 15.3. The van der Waals surface area contributed by atoms with Crippen molar-refractivity contribution in [1.29, 1.82) is 0 Å². The van der Waals surface area contributed by atoms with Crippen LogP contribution in [0.15, 0.2) is 5.38 Å². The Morgan fingerprint density at radius 3 is 2.50 bits per heavy atom. The highest BCUT2D eigenvalue weighted by atomic mass is 32.1. The average molecular weight is 319 g/mol. The molecule has 0 spiro atoms. The van der Waals surface area contributed by atoms with Gasteiger partial charge in [0.15, 0.2) is 0 Å². The summed E-state index contributed by atoms with van der Waals surface area (Å²) < 4.78 is 0. The summed E-state index contributed by atoms with van der Waals surface area (Å²) in [7, 11) is 0. The Bertz CT molecular complexity index is 552. The number of aryl methyl sites for hydroxylation is 1. The number of fused-ring (bicyclic) bond motifs is 1. The number of nitrogens with zero attached hydrogens (tertiary/aromatic N) is 3. The molecule has 1 aromatic heterocycles. The summed E-state index contributed by atoms with van der Waals surface area (Å²) in [6, 6.07) is 0. The summed E-state index contributed by atoms with van der Waals surface area (Å²) >= 11 is 1.73. The lowest BCUT2D eigenvalue weighted by atomic mass is 9.75. The Kier molecular flexibility index (Phi) is 3.73. The minimum Gasteiger partial charge on any atom is -0.342 e. The number of thiazole rings is 1. The number of carbonyl (C=O) groups is 1. The van der Waals surface area contributed by atoms with Crippen LogP contribution in [0.25, 0.3) is 0 Å². The highest BCUT2D eigenvalue weighted by Gasteiger charge is 2.44. The fraction of sp³-hybridized carbons (Fsp3) is 0.765. The Morgan fingerprint density at radius 1 is 1.27 bits per heavy atom. The summed E-state index contributed by atoms with van der Waals surface area (Å²) in [5.41, 5.74) is 1.21. The van der Waals surface area contributed by atoms with Crippen LogP contribution < -0.4 is 0 Å². The first-order valence-corrected chi connectivity index (χ1v) is 9.38. The van der Waals surface area contributed by atoms with E-state index in [0.29, 0.717) is 23.7 Å². The van der Waals surface area contributed by atoms with E-state index in [2.05, 4.69) is 34.0 Å². The molecule has 1 aliphatic carbocycles. The van der Waals surface area contributed by atoms with Gasteiger partial charge >= 0.3 is 0 Å². The third-order valence-electron chi connectivity index (χ3n) is 5.65. The van der Waals surface area contributed by atoms with Crippen LogP contribution in [0.3, 0.4) is 0 Å². The lowest BCUT2D eigenvalue weighted by molar-refractivity contribution is -0.139. The largest absolute Gasteiger partial charge is 0.342 e. The topological polar surface area (TPSA) is 36.4 Å². The zero-order valence-corrected chi connectivity index (χ0v) is 14.3. The van der Waals surface area contributed by atoms with Crippen LogP contribution in [0.2, 0.25) is 0 Å². The Hall–Kier alpha value is -0.940. The molecule has 5 heteroatoms. The molecule has 1 aromatic rings. The van der Waals surface area contributed by atoms with Crippen molar-refractivity contribution in [3.05, 3.63) is 16.1 Å². The van der Waals surface area contributed by atoms with E-state index < -0.39 is 0 Å². The molecule has 2 saturated heterocycles. The van der Waals surface area contributed by atoms with E-state index in [-0.39, 0.29) is 0 Å². The van der Waals surface area contributed by atoms with Gasteiger partial charge in [0.2, 0.25) is 5.91 Å². The molecule has 4 nitrogen and oxygen atoms in total. The van der Waals surface area contributed by atoms with Gasteiger partial charge in [-0.1, -0.05) is 6.92 Å². The fourth-order valence-electron chi connectivity index (χ4n) is 4.47. The highest BCUT2D eigenvalue weighted by Crippen LogP contribution is 2.38. The second-order valence-corrected chi connectivity index (χ2v) is 8.65. The molecule has 2 aliphatic heterocycles. The van der Waals surface area contributed by atoms with Gasteiger partial charge in [0.05, 0.1) is 10.7 Å². The second kappa shape index (κ2) is 5.60. The van der Waals surface area contributed by atoms with Gasteiger partial charge < -0.3 is 4.90 Å². The Balaban J connectivity index is 1.30. The monoisotopic (exact) mass is 319 g/mol. The van der Waals surface area contributed by atoms with Crippen LogP contribution in [0, 0.1) is 30.6 Å². The number of hydrogen-bond donors (Lipinski definition) is 0. The van der Waals surface area contributed by atoms with Crippen molar-refractivity contribution in [3.8, 4) is 0 Å². The van der Waals surface area contributed by atoms with Crippen LogP contribution in [0.4, 0.5) is 0 Å². The second-order valence-electron chi connectivity index (χ2n) is 7.59. The number of aromatic nitrogens is 1. The van der Waals surface area contributed by atoms with Gasteiger partial charge in [-0.2, -0.15) is 0 Å². The molecule has 2 atom stereocenters. The van der Waals surface area contributed by atoms with E-state index in [9.17, 15) is 4.79 Å². The van der Waals surface area contributed by atoms with Crippen molar-refractivity contribution in [2.24, 2.45) is 23.7 Å². The number of carbonyl (C=O) groups excluding carboxylic acids is 1. The van der Waals surface area contributed by atoms with Gasteiger partial charge in [-0.3, -0.25) is 9.69 Å². The molecule has 120 valence electrons. The van der Waals surface area contributed by atoms with Crippen molar-refractivity contribution in [1.82, 2.24) is 14.8 Å². The Morgan fingerprint density at radius 2 is 1.95 bits per heavy atom. The molecule has 22 heavy (non-hydrogen) atoms. The summed E-state index contributed by atoms with van der Waals surface area (Å²) in [4.78, 5) is 21.7. The van der Waals surface area contributed by atoms with Gasteiger partial charge in [-0.05, 0) is 37.5 Å². The average Bonchev–Trinajstić information content (AvgIpc) is 3.09. The summed E-state index contributed by atoms with van der Waals surface area (Å²) in [5.74, 6) is 2.90. The molecule has 0 bridgehead atoms. The maximum atomic E-state index is 12.5. The molecule has 0 unspecified atom stereocenters. The smallest absolute Gasteiger partial charge is 0.225 e. The van der Waals surface area contributed by atoms with E-state index >= 15 is 0 Å². The maximum Gasteiger partial charge on any atom is 0.225 e. The molecular weight excluding hydrogens is 294 g/mol. The van der Waals surface area contributed by atoms with E-state index in [1.165, 1.54) is 5.69 Å². The molecule has 1 amide bonds. The van der Waals surface area contributed by atoms with Crippen LogP contribution in [0.1, 0.15) is 30.5 Å². The molecule has 1 saturated carbocycles. The molecule has 0 radical (unpaired) electrons. The maximum absolute atomic E-state index is 12.5. The minimum atomic E-state index is 0.336. The van der Waals surface area contributed by atoms with Crippen LogP contribution in [0.5, 0.6) is 0 Å². The standard InChI is InChI=1S/C17H25N3OS/c1-11-3-13(4-11)17(21)20-7-14-5-19(6-15(14)8-20)9-16-10-22-12(2)18-16/h10-11,13-15H,3-9H2,1-2H3/t11?,13?,14-,15-/m0/s1. The third-order valence-corrected chi connectivity index (χ3v) is 6.47. The van der Waals surface area contributed by atoms with Gasteiger partial charge in [-0.15, -0.1) is 11.3 Å². The first-order valence-electron chi connectivity index (χ1n) is 8.50. The minimum absolute atomic E-state index is 0.336. The highest BCUT2D eigenvalue weighted by molar-refractivity contribution is 7.09. The first kappa shape index (κ1) is 14.6.